The molecule has 0 amide bonds. The molecule has 0 spiro atoms. The number of H-pyrrole nitrogens is 1. The van der Waals surface area contributed by atoms with E-state index < -0.39 is 0 Å². The summed E-state index contributed by atoms with van der Waals surface area (Å²) in [5.41, 5.74) is 1.60. The normalized spacial score (nSPS) is 11.0. The molecule has 130 valence electrons. The summed E-state index contributed by atoms with van der Waals surface area (Å²) in [5, 5.41) is 8.34. The molecule has 0 unspecified atom stereocenters. The maximum absolute atomic E-state index is 12.0. The van der Waals surface area contributed by atoms with Crippen molar-refractivity contribution < 1.29 is 0 Å². The van der Waals surface area contributed by atoms with Crippen molar-refractivity contribution in [3.05, 3.63) is 68.4 Å². The van der Waals surface area contributed by atoms with E-state index in [1.54, 1.807) is 12.1 Å². The fourth-order valence-corrected chi connectivity index (χ4v) is 3.11. The van der Waals surface area contributed by atoms with Crippen molar-refractivity contribution in [1.82, 2.24) is 15.3 Å². The molecule has 1 aromatic heterocycles. The van der Waals surface area contributed by atoms with Crippen molar-refractivity contribution in [2.75, 3.05) is 18.4 Å². The molecule has 0 saturated heterocycles. The Morgan fingerprint density at radius 3 is 2.60 bits per heavy atom. The van der Waals surface area contributed by atoms with Gasteiger partial charge in [0.2, 0.25) is 5.95 Å². The molecule has 0 aliphatic carbocycles. The van der Waals surface area contributed by atoms with E-state index in [0.717, 1.165) is 18.5 Å². The first kappa shape index (κ1) is 17.7. The van der Waals surface area contributed by atoms with Crippen LogP contribution in [0.25, 0.3) is 10.9 Å². The molecule has 0 aliphatic rings. The first-order valence-corrected chi connectivity index (χ1v) is 8.76. The maximum atomic E-state index is 12.0. The molecule has 0 saturated carbocycles. The highest BCUT2D eigenvalue weighted by molar-refractivity contribution is 6.34. The molecule has 7 heteroatoms. The standard InChI is InChI=1S/C18H18Cl2N4O/c19-13-8-12(9-14(20)10-13)11-21-6-3-7-22-18-23-16-5-2-1-4-15(16)17(25)24-18/h1-2,4-5,8-10,21H,3,6-7,11H2,(H2,22,23,24,25). The van der Waals surface area contributed by atoms with Gasteiger partial charge in [0.1, 0.15) is 0 Å². The number of rotatable bonds is 7. The van der Waals surface area contributed by atoms with E-state index in [4.69, 9.17) is 23.2 Å². The quantitative estimate of drug-likeness (QED) is 0.548. The summed E-state index contributed by atoms with van der Waals surface area (Å²) < 4.78 is 0. The average molecular weight is 377 g/mol. The smallest absolute Gasteiger partial charge is 0.260 e. The second-order valence-corrected chi connectivity index (χ2v) is 6.54. The topological polar surface area (TPSA) is 69.8 Å². The molecule has 0 fully saturated rings. The predicted octanol–water partition coefficient (Wildman–Crippen LogP) is 3.82. The molecular formula is C18H18Cl2N4O. The lowest BCUT2D eigenvalue weighted by Gasteiger charge is -2.08. The van der Waals surface area contributed by atoms with Crippen LogP contribution < -0.4 is 16.2 Å². The fourth-order valence-electron chi connectivity index (χ4n) is 2.54. The van der Waals surface area contributed by atoms with Gasteiger partial charge in [0.15, 0.2) is 0 Å². The molecule has 3 N–H and O–H groups in total. The van der Waals surface area contributed by atoms with Gasteiger partial charge in [-0.1, -0.05) is 35.3 Å². The summed E-state index contributed by atoms with van der Waals surface area (Å²) >= 11 is 12.0. The number of hydrogen-bond acceptors (Lipinski definition) is 4. The van der Waals surface area contributed by atoms with Gasteiger partial charge in [-0.2, -0.15) is 0 Å². The van der Waals surface area contributed by atoms with Crippen LogP contribution in [-0.2, 0) is 6.54 Å². The van der Waals surface area contributed by atoms with Crippen LogP contribution in [0.1, 0.15) is 12.0 Å². The Morgan fingerprint density at radius 1 is 1.04 bits per heavy atom. The number of para-hydroxylation sites is 1. The average Bonchev–Trinajstić information content (AvgIpc) is 2.57. The Morgan fingerprint density at radius 2 is 1.80 bits per heavy atom. The van der Waals surface area contributed by atoms with Gasteiger partial charge in [-0.15, -0.1) is 0 Å². The highest BCUT2D eigenvalue weighted by Crippen LogP contribution is 2.18. The SMILES string of the molecule is O=c1[nH]c(NCCCNCc2cc(Cl)cc(Cl)c2)nc2ccccc12. The molecule has 0 aliphatic heterocycles. The molecule has 25 heavy (non-hydrogen) atoms. The molecule has 0 atom stereocenters. The lowest BCUT2D eigenvalue weighted by atomic mass is 10.2. The van der Waals surface area contributed by atoms with E-state index in [1.165, 1.54) is 0 Å². The van der Waals surface area contributed by atoms with Crippen LogP contribution in [0.2, 0.25) is 10.0 Å². The molecule has 2 aromatic carbocycles. The van der Waals surface area contributed by atoms with Crippen molar-refractivity contribution >= 4 is 40.1 Å². The number of hydrogen-bond donors (Lipinski definition) is 3. The molecule has 0 radical (unpaired) electrons. The Balaban J connectivity index is 1.45. The van der Waals surface area contributed by atoms with Gasteiger partial charge in [-0.05, 0) is 48.9 Å². The third-order valence-corrected chi connectivity index (χ3v) is 4.12. The van der Waals surface area contributed by atoms with Crippen molar-refractivity contribution in [2.45, 2.75) is 13.0 Å². The number of aromatic nitrogens is 2. The predicted molar refractivity (Wildman–Crippen MR) is 104 cm³/mol. The zero-order chi connectivity index (χ0) is 17.6. The molecule has 5 nitrogen and oxygen atoms in total. The van der Waals surface area contributed by atoms with Crippen molar-refractivity contribution in [1.29, 1.82) is 0 Å². The van der Waals surface area contributed by atoms with Gasteiger partial charge in [-0.3, -0.25) is 9.78 Å². The Labute approximate surface area is 155 Å². The number of benzene rings is 2. The molecule has 3 aromatic rings. The van der Waals surface area contributed by atoms with E-state index >= 15 is 0 Å². The summed E-state index contributed by atoms with van der Waals surface area (Å²) in [6, 6.07) is 12.8. The highest BCUT2D eigenvalue weighted by Gasteiger charge is 2.02. The largest absolute Gasteiger partial charge is 0.356 e. The maximum Gasteiger partial charge on any atom is 0.260 e. The van der Waals surface area contributed by atoms with E-state index in [0.29, 0.717) is 40.0 Å². The summed E-state index contributed by atoms with van der Waals surface area (Å²) in [4.78, 5) is 19.1. The van der Waals surface area contributed by atoms with Crippen LogP contribution in [0.15, 0.2) is 47.3 Å². The summed E-state index contributed by atoms with van der Waals surface area (Å²) in [6.45, 7) is 2.21. The number of anilines is 1. The van der Waals surface area contributed by atoms with E-state index in [1.807, 2.05) is 30.3 Å². The Hall–Kier alpha value is -2.08. The third kappa shape index (κ3) is 4.95. The van der Waals surface area contributed by atoms with Crippen molar-refractivity contribution in [3.63, 3.8) is 0 Å². The monoisotopic (exact) mass is 376 g/mol. The lowest BCUT2D eigenvalue weighted by Crippen LogP contribution is -2.19. The van der Waals surface area contributed by atoms with E-state index in [9.17, 15) is 4.79 Å². The minimum atomic E-state index is -0.135. The number of nitrogens with one attached hydrogen (secondary N) is 3. The molecule has 3 rings (SSSR count). The molecule has 1 heterocycles. The Bertz CT molecular complexity index is 906. The summed E-state index contributed by atoms with van der Waals surface area (Å²) in [6.07, 6.45) is 0.880. The van der Waals surface area contributed by atoms with Crippen LogP contribution >= 0.6 is 23.2 Å². The lowest BCUT2D eigenvalue weighted by molar-refractivity contribution is 0.662. The summed E-state index contributed by atoms with van der Waals surface area (Å²) in [5.74, 6) is 0.491. The van der Waals surface area contributed by atoms with Crippen LogP contribution in [0, 0.1) is 0 Å². The van der Waals surface area contributed by atoms with E-state index in [-0.39, 0.29) is 5.56 Å². The minimum absolute atomic E-state index is 0.135. The van der Waals surface area contributed by atoms with Crippen molar-refractivity contribution in [2.24, 2.45) is 0 Å². The fraction of sp³-hybridized carbons (Fsp3) is 0.222. The number of fused-ring (bicyclic) bond motifs is 1. The number of halogens is 2. The van der Waals surface area contributed by atoms with Gasteiger partial charge in [-0.25, -0.2) is 4.98 Å². The molecular weight excluding hydrogens is 359 g/mol. The summed E-state index contributed by atoms with van der Waals surface area (Å²) in [7, 11) is 0. The highest BCUT2D eigenvalue weighted by atomic mass is 35.5. The first-order chi connectivity index (χ1) is 12.1. The number of nitrogens with zero attached hydrogens (tertiary/aromatic N) is 1. The van der Waals surface area contributed by atoms with Gasteiger partial charge in [0, 0.05) is 23.1 Å². The number of aromatic amines is 1. The second-order valence-electron chi connectivity index (χ2n) is 5.67. The van der Waals surface area contributed by atoms with Gasteiger partial charge in [0.25, 0.3) is 5.56 Å². The van der Waals surface area contributed by atoms with Crippen LogP contribution in [0.3, 0.4) is 0 Å². The second kappa shape index (κ2) is 8.34. The van der Waals surface area contributed by atoms with E-state index in [2.05, 4.69) is 20.6 Å². The molecule has 0 bridgehead atoms. The van der Waals surface area contributed by atoms with Crippen molar-refractivity contribution in [3.8, 4) is 0 Å². The Kier molecular flexibility index (Phi) is 5.91. The van der Waals surface area contributed by atoms with Gasteiger partial charge in [0.05, 0.1) is 10.9 Å². The third-order valence-electron chi connectivity index (χ3n) is 3.69. The zero-order valence-corrected chi connectivity index (χ0v) is 15.0. The minimum Gasteiger partial charge on any atom is -0.356 e. The van der Waals surface area contributed by atoms with Crippen LogP contribution in [0.4, 0.5) is 5.95 Å². The first-order valence-electron chi connectivity index (χ1n) is 8.00. The zero-order valence-electron chi connectivity index (χ0n) is 13.5. The van der Waals surface area contributed by atoms with Crippen LogP contribution in [0.5, 0.6) is 0 Å². The van der Waals surface area contributed by atoms with Gasteiger partial charge >= 0.3 is 0 Å². The van der Waals surface area contributed by atoms with Crippen LogP contribution in [-0.4, -0.2) is 23.1 Å². The van der Waals surface area contributed by atoms with Gasteiger partial charge < -0.3 is 10.6 Å².